The van der Waals surface area contributed by atoms with E-state index in [0.717, 1.165) is 6.08 Å². The minimum atomic E-state index is -1.06. The molecule has 21 heavy (non-hydrogen) atoms. The minimum Gasteiger partial charge on any atom is -0.478 e. The van der Waals surface area contributed by atoms with Crippen molar-refractivity contribution in [2.75, 3.05) is 0 Å². The molecule has 0 amide bonds. The molecule has 0 aromatic heterocycles. The van der Waals surface area contributed by atoms with Gasteiger partial charge in [-0.25, -0.2) is 4.79 Å². The van der Waals surface area contributed by atoms with Crippen molar-refractivity contribution < 1.29 is 14.6 Å². The summed E-state index contributed by atoms with van der Waals surface area (Å²) in [6, 6.07) is 9.68. The number of carboxylic acids is 1. The molecule has 0 bridgehead atoms. The molecule has 0 aliphatic rings. The van der Waals surface area contributed by atoms with E-state index in [1.165, 1.54) is 6.08 Å². The maximum absolute atomic E-state index is 10.6. The number of halogens is 3. The molecule has 0 atom stereocenters. The first kappa shape index (κ1) is 15.7. The maximum Gasteiger partial charge on any atom is 0.328 e. The van der Waals surface area contributed by atoms with Crippen LogP contribution in [-0.4, -0.2) is 11.1 Å². The normalized spacial score (nSPS) is 10.8. The van der Waals surface area contributed by atoms with Crippen LogP contribution in [-0.2, 0) is 4.79 Å². The van der Waals surface area contributed by atoms with Gasteiger partial charge in [-0.3, -0.25) is 0 Å². The van der Waals surface area contributed by atoms with Gasteiger partial charge in [0, 0.05) is 27.8 Å². The van der Waals surface area contributed by atoms with Gasteiger partial charge < -0.3 is 9.84 Å². The summed E-state index contributed by atoms with van der Waals surface area (Å²) in [4.78, 5) is 10.6. The molecule has 0 fully saturated rings. The Morgan fingerprint density at radius 1 is 1.00 bits per heavy atom. The Kier molecular flexibility index (Phi) is 5.12. The number of hydrogen-bond acceptors (Lipinski definition) is 2. The minimum absolute atomic E-state index is 0.343. The van der Waals surface area contributed by atoms with Crippen LogP contribution in [0.5, 0.6) is 11.5 Å². The summed E-state index contributed by atoms with van der Waals surface area (Å²) < 4.78 is 5.69. The molecule has 0 aliphatic carbocycles. The third kappa shape index (κ3) is 4.39. The highest BCUT2D eigenvalue weighted by Crippen LogP contribution is 2.34. The van der Waals surface area contributed by atoms with Gasteiger partial charge in [-0.05, 0) is 36.4 Å². The number of carboxylic acid groups (broad SMARTS) is 1. The number of hydrogen-bond donors (Lipinski definition) is 1. The van der Waals surface area contributed by atoms with Gasteiger partial charge in [-0.15, -0.1) is 0 Å². The van der Waals surface area contributed by atoms with Crippen molar-refractivity contribution >= 4 is 46.8 Å². The number of ether oxygens (including phenoxy) is 1. The van der Waals surface area contributed by atoms with Gasteiger partial charge in [-0.2, -0.15) is 0 Å². The van der Waals surface area contributed by atoms with Crippen molar-refractivity contribution in [2.45, 2.75) is 0 Å². The number of aliphatic carboxylic acids is 1. The summed E-state index contributed by atoms with van der Waals surface area (Å²) in [5.74, 6) is -0.266. The lowest BCUT2D eigenvalue weighted by Crippen LogP contribution is -1.90. The molecule has 2 aromatic carbocycles. The molecule has 0 unspecified atom stereocenters. The largest absolute Gasteiger partial charge is 0.478 e. The topological polar surface area (TPSA) is 46.5 Å². The second-order valence-electron chi connectivity index (χ2n) is 4.03. The third-order valence-corrected chi connectivity index (χ3v) is 3.26. The van der Waals surface area contributed by atoms with E-state index in [9.17, 15) is 4.79 Å². The van der Waals surface area contributed by atoms with E-state index in [2.05, 4.69) is 0 Å². The van der Waals surface area contributed by atoms with Crippen LogP contribution in [0.3, 0.4) is 0 Å². The molecular weight excluding hydrogens is 335 g/mol. The summed E-state index contributed by atoms with van der Waals surface area (Å²) in [5.41, 5.74) is 0.563. The highest BCUT2D eigenvalue weighted by Gasteiger charge is 2.08. The zero-order chi connectivity index (χ0) is 15.4. The average Bonchev–Trinajstić information content (AvgIpc) is 2.41. The van der Waals surface area contributed by atoms with Gasteiger partial charge in [0.1, 0.15) is 11.5 Å². The van der Waals surface area contributed by atoms with Crippen LogP contribution in [0.25, 0.3) is 6.08 Å². The fourth-order valence-corrected chi connectivity index (χ4v) is 2.18. The average molecular weight is 344 g/mol. The van der Waals surface area contributed by atoms with Crippen LogP contribution in [0.2, 0.25) is 15.1 Å². The van der Waals surface area contributed by atoms with E-state index in [1.807, 2.05) is 0 Å². The van der Waals surface area contributed by atoms with Crippen LogP contribution >= 0.6 is 34.8 Å². The summed E-state index contributed by atoms with van der Waals surface area (Å²) in [6.07, 6.45) is 2.43. The summed E-state index contributed by atoms with van der Waals surface area (Å²) in [6.45, 7) is 0. The van der Waals surface area contributed by atoms with Crippen LogP contribution in [0.1, 0.15) is 5.56 Å². The highest BCUT2D eigenvalue weighted by molar-refractivity contribution is 6.35. The Hall–Kier alpha value is -1.68. The van der Waals surface area contributed by atoms with Crippen LogP contribution in [0.4, 0.5) is 0 Å². The highest BCUT2D eigenvalue weighted by atomic mass is 35.5. The van der Waals surface area contributed by atoms with Gasteiger partial charge in [0.2, 0.25) is 0 Å². The molecule has 0 heterocycles. The summed E-state index contributed by atoms with van der Waals surface area (Å²) >= 11 is 17.8. The predicted octanol–water partition coefficient (Wildman–Crippen LogP) is 5.54. The maximum atomic E-state index is 10.6. The molecule has 108 valence electrons. The molecule has 2 aromatic rings. The van der Waals surface area contributed by atoms with Crippen molar-refractivity contribution in [3.63, 3.8) is 0 Å². The zero-order valence-corrected chi connectivity index (χ0v) is 12.8. The van der Waals surface area contributed by atoms with E-state index < -0.39 is 5.97 Å². The van der Waals surface area contributed by atoms with Crippen molar-refractivity contribution in [1.82, 2.24) is 0 Å². The fourth-order valence-electron chi connectivity index (χ4n) is 1.57. The van der Waals surface area contributed by atoms with Crippen LogP contribution in [0.15, 0.2) is 42.5 Å². The van der Waals surface area contributed by atoms with Gasteiger partial charge >= 0.3 is 5.97 Å². The Balaban J connectivity index is 2.38. The Labute approximate surface area is 136 Å². The first-order valence-corrected chi connectivity index (χ1v) is 6.92. The van der Waals surface area contributed by atoms with Gasteiger partial charge in [0.15, 0.2) is 0 Å². The number of rotatable bonds is 4. The predicted molar refractivity (Wildman–Crippen MR) is 84.7 cm³/mol. The lowest BCUT2D eigenvalue weighted by atomic mass is 10.2. The molecular formula is C15H9Cl3O3. The first-order chi connectivity index (χ1) is 9.95. The third-order valence-electron chi connectivity index (χ3n) is 2.49. The SMILES string of the molecule is O=C(O)/C=C/c1ccc(Cl)cc1Oc1ccc(Cl)cc1Cl. The van der Waals surface area contributed by atoms with E-state index in [1.54, 1.807) is 36.4 Å². The summed E-state index contributed by atoms with van der Waals surface area (Å²) in [7, 11) is 0. The van der Waals surface area contributed by atoms with E-state index >= 15 is 0 Å². The standard InChI is InChI=1S/C15H9Cl3O3/c16-10-4-5-13(12(18)7-10)21-14-8-11(17)3-1-9(14)2-6-15(19)20/h1-8H,(H,19,20)/b6-2+. The molecule has 0 radical (unpaired) electrons. The second kappa shape index (κ2) is 6.85. The molecule has 3 nitrogen and oxygen atoms in total. The van der Waals surface area contributed by atoms with E-state index in [0.29, 0.717) is 32.1 Å². The number of carbonyl (C=O) groups is 1. The fraction of sp³-hybridized carbons (Fsp3) is 0. The molecule has 0 aliphatic heterocycles. The molecule has 1 N–H and O–H groups in total. The first-order valence-electron chi connectivity index (χ1n) is 5.79. The van der Waals surface area contributed by atoms with E-state index in [4.69, 9.17) is 44.6 Å². The lowest BCUT2D eigenvalue weighted by molar-refractivity contribution is -0.131. The van der Waals surface area contributed by atoms with Crippen LogP contribution < -0.4 is 4.74 Å². The van der Waals surface area contributed by atoms with Gasteiger partial charge in [-0.1, -0.05) is 34.8 Å². The Bertz CT molecular complexity index is 711. The van der Waals surface area contributed by atoms with Gasteiger partial charge in [0.05, 0.1) is 5.02 Å². The zero-order valence-electron chi connectivity index (χ0n) is 10.5. The second-order valence-corrected chi connectivity index (χ2v) is 5.31. The molecule has 2 rings (SSSR count). The Morgan fingerprint density at radius 2 is 1.67 bits per heavy atom. The van der Waals surface area contributed by atoms with Crippen molar-refractivity contribution in [3.05, 3.63) is 63.1 Å². The molecule has 0 saturated heterocycles. The van der Waals surface area contributed by atoms with Crippen molar-refractivity contribution in [2.24, 2.45) is 0 Å². The molecule has 0 spiro atoms. The van der Waals surface area contributed by atoms with Crippen molar-refractivity contribution in [1.29, 1.82) is 0 Å². The van der Waals surface area contributed by atoms with E-state index in [-0.39, 0.29) is 0 Å². The molecule has 6 heteroatoms. The van der Waals surface area contributed by atoms with Gasteiger partial charge in [0.25, 0.3) is 0 Å². The quantitative estimate of drug-likeness (QED) is 0.742. The van der Waals surface area contributed by atoms with Crippen molar-refractivity contribution in [3.8, 4) is 11.5 Å². The Morgan fingerprint density at radius 3 is 2.33 bits per heavy atom. The molecule has 0 saturated carbocycles. The van der Waals surface area contributed by atoms with Crippen LogP contribution in [0, 0.1) is 0 Å². The lowest BCUT2D eigenvalue weighted by Gasteiger charge is -2.11. The number of benzene rings is 2. The summed E-state index contributed by atoms with van der Waals surface area (Å²) in [5, 5.41) is 9.99. The smallest absolute Gasteiger partial charge is 0.328 e. The monoisotopic (exact) mass is 342 g/mol.